The molecule has 0 spiro atoms. The van der Waals surface area contributed by atoms with E-state index in [4.69, 9.17) is 27.2 Å². The molecule has 0 fully saturated rings. The molecule has 0 aromatic rings. The van der Waals surface area contributed by atoms with Crippen LogP contribution < -0.4 is 5.73 Å². The molecule has 0 unspecified atom stereocenters. The smallest absolute Gasteiger partial charge is 0.304 e. The van der Waals surface area contributed by atoms with Crippen LogP contribution in [0.1, 0.15) is 53.9 Å². The summed E-state index contributed by atoms with van der Waals surface area (Å²) in [4.78, 5) is 62.9. The summed E-state index contributed by atoms with van der Waals surface area (Å²) in [5, 5.41) is 8.85. The van der Waals surface area contributed by atoms with Gasteiger partial charge in [-0.15, -0.1) is 0 Å². The summed E-state index contributed by atoms with van der Waals surface area (Å²) in [6.45, 7) is 8.25. The molecule has 1 heterocycles. The number of carbonyl (C=O) groups excluding carboxylic acids is 4. The number of esters is 1. The van der Waals surface area contributed by atoms with E-state index in [1.165, 1.54) is 17.2 Å². The van der Waals surface area contributed by atoms with E-state index >= 15 is 0 Å². The highest BCUT2D eigenvalue weighted by Crippen LogP contribution is 2.40. The number of nitrogens with zero attached hydrogens (tertiary/aromatic N) is 1. The number of aliphatic carboxylic acids is 1. The maximum atomic E-state index is 13.4. The Hall–Kier alpha value is -3.46. The molecule has 194 valence electrons. The maximum absolute atomic E-state index is 13.4. The molecule has 10 heteroatoms. The Balaban J connectivity index is 2.70. The number of hydrogen-bond donors (Lipinski definition) is 2. The second-order valence-electron chi connectivity index (χ2n) is 9.01. The van der Waals surface area contributed by atoms with Crippen LogP contribution in [-0.2, 0) is 28.7 Å². The van der Waals surface area contributed by atoms with Crippen molar-refractivity contribution in [2.24, 2.45) is 11.7 Å². The zero-order chi connectivity index (χ0) is 27.4. The van der Waals surface area contributed by atoms with Crippen molar-refractivity contribution in [1.29, 1.82) is 0 Å². The van der Waals surface area contributed by atoms with Crippen molar-refractivity contribution in [3.8, 4) is 0 Å². The highest BCUT2D eigenvalue weighted by molar-refractivity contribution is 6.49. The summed E-state index contributed by atoms with van der Waals surface area (Å²) < 4.78 is 5.07. The number of fused-ring (bicyclic) bond motifs is 1. The second-order valence-corrected chi connectivity index (χ2v) is 9.39. The molecular formula is C26H31ClN2O7. The average molecular weight is 519 g/mol. The molecule has 2 rings (SSSR count). The number of amides is 1. The predicted molar refractivity (Wildman–Crippen MR) is 133 cm³/mol. The van der Waals surface area contributed by atoms with Crippen LogP contribution in [-0.4, -0.2) is 51.1 Å². The van der Waals surface area contributed by atoms with Crippen molar-refractivity contribution >= 4 is 41.0 Å². The predicted octanol–water partition coefficient (Wildman–Crippen LogP) is 3.30. The van der Waals surface area contributed by atoms with Crippen molar-refractivity contribution in [2.75, 3.05) is 0 Å². The second kappa shape index (κ2) is 11.5. The molecule has 36 heavy (non-hydrogen) atoms. The first-order chi connectivity index (χ1) is 16.7. The topological polar surface area (TPSA) is 144 Å². The molecule has 3 atom stereocenters. The minimum absolute atomic E-state index is 0.0612. The Kier molecular flexibility index (Phi) is 9.21. The average Bonchev–Trinajstić information content (AvgIpc) is 2.79. The van der Waals surface area contributed by atoms with E-state index < -0.39 is 41.1 Å². The highest BCUT2D eigenvalue weighted by Gasteiger charge is 2.52. The van der Waals surface area contributed by atoms with Crippen LogP contribution in [0.4, 0.5) is 0 Å². The molecule has 1 amide bonds. The van der Waals surface area contributed by atoms with Crippen LogP contribution in [0.2, 0.25) is 0 Å². The zero-order valence-electron chi connectivity index (χ0n) is 21.0. The summed E-state index contributed by atoms with van der Waals surface area (Å²) in [6, 6.07) is -1.12. The van der Waals surface area contributed by atoms with E-state index in [0.29, 0.717) is 11.6 Å². The summed E-state index contributed by atoms with van der Waals surface area (Å²) in [5.74, 6) is -4.13. The first kappa shape index (κ1) is 28.8. The van der Waals surface area contributed by atoms with E-state index in [2.05, 4.69) is 19.9 Å². The molecule has 0 radical (unpaired) electrons. The molecule has 9 nitrogen and oxygen atoms in total. The van der Waals surface area contributed by atoms with Gasteiger partial charge in [0.05, 0.1) is 5.03 Å². The Morgan fingerprint density at radius 2 is 1.89 bits per heavy atom. The lowest BCUT2D eigenvalue weighted by atomic mass is 9.79. The number of Topliss-reactive ketones (excluding diaryl/α,β-unsaturated/α-hetero) is 2. The molecule has 1 aliphatic carbocycles. The third-order valence-electron chi connectivity index (χ3n) is 6.05. The molecule has 1 aliphatic heterocycles. The minimum Gasteiger partial charge on any atom is -0.481 e. The Morgan fingerprint density at radius 1 is 1.25 bits per heavy atom. The SMILES string of the molecule is CC[C@H](C)/C=C(C)/C=C/C1=CC2=C(Cl)C(=O)[C@](C)(OC(C)=O)C(=O)C2=CN1[C@H](CCC(=O)O)C(N)=O. The van der Waals surface area contributed by atoms with Gasteiger partial charge in [-0.2, -0.15) is 0 Å². The summed E-state index contributed by atoms with van der Waals surface area (Å²) >= 11 is 6.36. The lowest BCUT2D eigenvalue weighted by molar-refractivity contribution is -0.167. The number of ether oxygens (including phenoxy) is 1. The van der Waals surface area contributed by atoms with Gasteiger partial charge < -0.3 is 20.5 Å². The molecule has 0 aromatic carbocycles. The lowest BCUT2D eigenvalue weighted by Crippen LogP contribution is -2.52. The number of hydrogen-bond acceptors (Lipinski definition) is 7. The number of carboxylic acids is 1. The number of carbonyl (C=O) groups is 5. The van der Waals surface area contributed by atoms with Crippen molar-refractivity contribution in [3.05, 3.63) is 58.0 Å². The van der Waals surface area contributed by atoms with E-state index in [0.717, 1.165) is 25.8 Å². The number of rotatable bonds is 10. The maximum Gasteiger partial charge on any atom is 0.304 e. The van der Waals surface area contributed by atoms with Gasteiger partial charge >= 0.3 is 11.9 Å². The normalized spacial score (nSPS) is 22.2. The molecule has 3 N–H and O–H groups in total. The summed E-state index contributed by atoms with van der Waals surface area (Å²) in [7, 11) is 0. The number of nitrogens with two attached hydrogens (primary N) is 1. The first-order valence-electron chi connectivity index (χ1n) is 11.5. The van der Waals surface area contributed by atoms with Gasteiger partial charge in [0, 0.05) is 36.4 Å². The monoisotopic (exact) mass is 518 g/mol. The summed E-state index contributed by atoms with van der Waals surface area (Å²) in [6.07, 6.45) is 8.75. The van der Waals surface area contributed by atoms with Crippen LogP contribution in [0.5, 0.6) is 0 Å². The van der Waals surface area contributed by atoms with Gasteiger partial charge in [0.15, 0.2) is 0 Å². The quantitative estimate of drug-likeness (QED) is 0.254. The third-order valence-corrected chi connectivity index (χ3v) is 6.42. The van der Waals surface area contributed by atoms with Gasteiger partial charge in [-0.3, -0.25) is 24.0 Å². The Bertz CT molecular complexity index is 1140. The fourth-order valence-corrected chi connectivity index (χ4v) is 4.28. The number of ketones is 2. The Morgan fingerprint density at radius 3 is 2.42 bits per heavy atom. The number of primary amides is 1. The highest BCUT2D eigenvalue weighted by atomic mass is 35.5. The van der Waals surface area contributed by atoms with E-state index in [9.17, 15) is 24.0 Å². The molecule has 0 saturated carbocycles. The van der Waals surface area contributed by atoms with Gasteiger partial charge in [-0.05, 0) is 38.3 Å². The number of halogens is 1. The molecular weight excluding hydrogens is 488 g/mol. The fourth-order valence-electron chi connectivity index (χ4n) is 3.94. The third kappa shape index (κ3) is 6.20. The minimum atomic E-state index is -2.18. The van der Waals surface area contributed by atoms with E-state index in [-0.39, 0.29) is 29.0 Å². The number of allylic oxidation sites excluding steroid dienone is 6. The standard InChI is InChI=1S/C26H31ClN2O7/c1-6-14(2)11-15(3)7-8-17-12-18-19(13-29(17)20(25(28)35)9-10-21(31)32)23(33)26(5,36-16(4)30)24(34)22(18)27/h7-8,11-14,20H,6,9-10H2,1-5H3,(H2,28,35)(H,31,32)/b8-7+,15-11+/t14-,20+,26+/m0/s1. The van der Waals surface area contributed by atoms with Crippen LogP contribution in [0.15, 0.2) is 58.0 Å². The van der Waals surface area contributed by atoms with Crippen LogP contribution in [0.25, 0.3) is 0 Å². The fraction of sp³-hybridized carbons (Fsp3) is 0.423. The van der Waals surface area contributed by atoms with E-state index in [1.54, 1.807) is 12.2 Å². The van der Waals surface area contributed by atoms with Crippen LogP contribution in [0.3, 0.4) is 0 Å². The van der Waals surface area contributed by atoms with Gasteiger partial charge in [0.1, 0.15) is 6.04 Å². The molecule has 0 aromatic heterocycles. The van der Waals surface area contributed by atoms with Crippen molar-refractivity contribution in [2.45, 2.75) is 65.5 Å². The lowest BCUT2D eigenvalue weighted by Gasteiger charge is -2.37. The number of carboxylic acid groups (broad SMARTS) is 1. The van der Waals surface area contributed by atoms with Gasteiger partial charge in [0.25, 0.3) is 0 Å². The molecule has 0 saturated heterocycles. The van der Waals surface area contributed by atoms with Crippen molar-refractivity contribution < 1.29 is 33.8 Å². The zero-order valence-corrected chi connectivity index (χ0v) is 21.7. The summed E-state index contributed by atoms with van der Waals surface area (Å²) in [5.41, 5.74) is 4.79. The molecule has 2 aliphatic rings. The van der Waals surface area contributed by atoms with E-state index in [1.807, 2.05) is 6.92 Å². The molecule has 0 bridgehead atoms. The van der Waals surface area contributed by atoms with Crippen LogP contribution >= 0.6 is 11.6 Å². The Labute approximate surface area is 215 Å². The van der Waals surface area contributed by atoms with Gasteiger partial charge in [-0.1, -0.05) is 49.6 Å². The van der Waals surface area contributed by atoms with Crippen LogP contribution in [0, 0.1) is 5.92 Å². The van der Waals surface area contributed by atoms with Gasteiger partial charge in [0.2, 0.25) is 23.1 Å². The first-order valence-corrected chi connectivity index (χ1v) is 11.9. The van der Waals surface area contributed by atoms with Crippen molar-refractivity contribution in [1.82, 2.24) is 4.90 Å². The van der Waals surface area contributed by atoms with Gasteiger partial charge in [-0.25, -0.2) is 0 Å². The van der Waals surface area contributed by atoms with Crippen molar-refractivity contribution in [3.63, 3.8) is 0 Å². The largest absolute Gasteiger partial charge is 0.481 e.